The molecule has 4 aromatic carbocycles. The van der Waals surface area contributed by atoms with Gasteiger partial charge in [-0.3, -0.25) is 9.97 Å². The Balaban J connectivity index is 0.000000246. The molecule has 0 saturated carbocycles. The molecule has 0 aliphatic carbocycles. The molecule has 4 aromatic heterocycles. The van der Waals surface area contributed by atoms with E-state index in [1.54, 1.807) is 18.2 Å². The molecule has 4 heterocycles. The van der Waals surface area contributed by atoms with E-state index in [1.807, 2.05) is 36.4 Å². The average Bonchev–Trinajstić information content (AvgIpc) is 3.74. The van der Waals surface area contributed by atoms with E-state index in [9.17, 15) is 0 Å². The van der Waals surface area contributed by atoms with Gasteiger partial charge in [0.1, 0.15) is 5.58 Å². The standard InChI is InChI=1S/C33H32N3O.C12H10N.Ir/c1-18(2)23-13-10-14-24(19(3)4)31(23)36-30-20(5)21(6)34-22(7)29(30)35-33(36)27-16-11-15-26-25-12-8-9-17-28(25)37-32(26)27;1-10-7-8-12(13-9-10)11-5-3-2-4-6-11;/h8-15,17-19H,1-7H3;2-5,7-9H,1H3;/q2*-1;/i;1D3;. The van der Waals surface area contributed by atoms with Gasteiger partial charge in [-0.05, 0) is 73.5 Å². The predicted octanol–water partition coefficient (Wildman–Crippen LogP) is 11.8. The fourth-order valence-corrected chi connectivity index (χ4v) is 6.70. The summed E-state index contributed by atoms with van der Waals surface area (Å²) in [5.41, 5.74) is 13.3. The minimum Gasteiger partial charge on any atom is -0.501 e. The van der Waals surface area contributed by atoms with Crippen molar-refractivity contribution in [1.82, 2.24) is 19.5 Å². The summed E-state index contributed by atoms with van der Waals surface area (Å²) in [6.45, 7) is 13.3. The largest absolute Gasteiger partial charge is 0.501 e. The third-order valence-electron chi connectivity index (χ3n) is 9.33. The van der Waals surface area contributed by atoms with Gasteiger partial charge in [-0.25, -0.2) is 0 Å². The summed E-state index contributed by atoms with van der Waals surface area (Å²) < 4.78 is 30.5. The van der Waals surface area contributed by atoms with Gasteiger partial charge in [0.25, 0.3) is 0 Å². The van der Waals surface area contributed by atoms with E-state index in [2.05, 4.69) is 107 Å². The van der Waals surface area contributed by atoms with Crippen LogP contribution in [0.25, 0.3) is 61.3 Å². The number of nitrogens with zero attached hydrogens (tertiary/aromatic N) is 4. The number of fused-ring (bicyclic) bond motifs is 4. The van der Waals surface area contributed by atoms with E-state index in [0.717, 1.165) is 72.6 Å². The van der Waals surface area contributed by atoms with Crippen LogP contribution >= 0.6 is 0 Å². The van der Waals surface area contributed by atoms with Crippen LogP contribution in [0.4, 0.5) is 0 Å². The minimum absolute atomic E-state index is 0. The van der Waals surface area contributed by atoms with Gasteiger partial charge in [0.15, 0.2) is 0 Å². The summed E-state index contributed by atoms with van der Waals surface area (Å²) in [4.78, 5) is 14.3. The van der Waals surface area contributed by atoms with Gasteiger partial charge in [0, 0.05) is 47.2 Å². The molecule has 0 atom stereocenters. The maximum atomic E-state index is 7.23. The zero-order valence-electron chi connectivity index (χ0n) is 32.9. The number of aryl methyl sites for hydroxylation is 4. The molecule has 259 valence electrons. The second kappa shape index (κ2) is 14.8. The number of pyridine rings is 2. The Labute approximate surface area is 318 Å². The molecule has 0 saturated heterocycles. The predicted molar refractivity (Wildman–Crippen MR) is 206 cm³/mol. The second-order valence-electron chi connectivity index (χ2n) is 13.4. The number of hydrogen-bond acceptors (Lipinski definition) is 4. The van der Waals surface area contributed by atoms with Crippen LogP contribution in [0.3, 0.4) is 0 Å². The minimum atomic E-state index is -2.09. The molecule has 1 radical (unpaired) electrons. The van der Waals surface area contributed by atoms with Gasteiger partial charge in [-0.15, -0.1) is 54.1 Å². The van der Waals surface area contributed by atoms with Crippen LogP contribution in [-0.2, 0) is 20.1 Å². The summed E-state index contributed by atoms with van der Waals surface area (Å²) in [6.07, 6.45) is 1.39. The van der Waals surface area contributed by atoms with Crippen molar-refractivity contribution in [3.8, 4) is 28.3 Å². The van der Waals surface area contributed by atoms with Gasteiger partial charge >= 0.3 is 0 Å². The first-order valence-corrected chi connectivity index (χ1v) is 17.1. The molecule has 0 unspecified atom stereocenters. The van der Waals surface area contributed by atoms with Crippen molar-refractivity contribution in [2.75, 3.05) is 0 Å². The van der Waals surface area contributed by atoms with Crippen molar-refractivity contribution < 1.29 is 28.6 Å². The Morgan fingerprint density at radius 1 is 0.745 bits per heavy atom. The maximum Gasteiger partial charge on any atom is 0.120 e. The van der Waals surface area contributed by atoms with Gasteiger partial charge in [0.05, 0.1) is 28.1 Å². The van der Waals surface area contributed by atoms with Gasteiger partial charge < -0.3 is 14.0 Å². The molecule has 0 N–H and O–H groups in total. The van der Waals surface area contributed by atoms with E-state index in [-0.39, 0.29) is 25.7 Å². The number of aromatic nitrogens is 4. The number of benzene rings is 4. The topological polar surface area (TPSA) is 56.7 Å². The van der Waals surface area contributed by atoms with Crippen LogP contribution in [0, 0.1) is 39.8 Å². The smallest absolute Gasteiger partial charge is 0.120 e. The van der Waals surface area contributed by atoms with Crippen LogP contribution < -0.4 is 0 Å². The van der Waals surface area contributed by atoms with E-state index in [0.29, 0.717) is 11.8 Å². The number of rotatable bonds is 5. The summed E-state index contributed by atoms with van der Waals surface area (Å²) in [7, 11) is 0. The van der Waals surface area contributed by atoms with Crippen molar-refractivity contribution in [1.29, 1.82) is 0 Å². The molecule has 6 heteroatoms. The fraction of sp³-hybridized carbons (Fsp3) is 0.222. The van der Waals surface area contributed by atoms with Gasteiger partial charge in [-0.2, -0.15) is 0 Å². The van der Waals surface area contributed by atoms with Crippen LogP contribution in [0.2, 0.25) is 0 Å². The van der Waals surface area contributed by atoms with E-state index >= 15 is 0 Å². The summed E-state index contributed by atoms with van der Waals surface area (Å²) in [6, 6.07) is 36.3. The Morgan fingerprint density at radius 2 is 1.49 bits per heavy atom. The monoisotopic (exact) mass is 850 g/mol. The van der Waals surface area contributed by atoms with Crippen LogP contribution in [0.1, 0.15) is 77.3 Å². The van der Waals surface area contributed by atoms with E-state index < -0.39 is 6.85 Å². The number of hydrogen-bond donors (Lipinski definition) is 0. The first kappa shape index (κ1) is 32.0. The Morgan fingerprint density at radius 3 is 2.16 bits per heavy atom. The Hall–Kier alpha value is -4.90. The SMILES string of the molecule is Cc1nc(C)c2nc(-c3[c-]ccc4c3oc3ccccc34)n(-c3c(C(C)C)cccc3C(C)C)c2c1C.[2H]C([2H])([2H])c1ccc(-c2[c-]cccc2)nc1.[Ir]. The van der Waals surface area contributed by atoms with Crippen LogP contribution in [0.5, 0.6) is 0 Å². The molecule has 0 aliphatic heterocycles. The third kappa shape index (κ3) is 6.67. The second-order valence-corrected chi connectivity index (χ2v) is 13.4. The first-order valence-electron chi connectivity index (χ1n) is 18.6. The van der Waals surface area contributed by atoms with Crippen LogP contribution in [-0.4, -0.2) is 19.5 Å². The maximum absolute atomic E-state index is 7.23. The number of para-hydroxylation sites is 2. The molecule has 0 bridgehead atoms. The van der Waals surface area contributed by atoms with Gasteiger partial charge in [-0.1, -0.05) is 87.2 Å². The third-order valence-corrected chi connectivity index (χ3v) is 9.33. The fourth-order valence-electron chi connectivity index (χ4n) is 6.70. The van der Waals surface area contributed by atoms with Crippen molar-refractivity contribution in [2.24, 2.45) is 0 Å². The van der Waals surface area contributed by atoms with Crippen molar-refractivity contribution in [3.63, 3.8) is 0 Å². The van der Waals surface area contributed by atoms with Crippen molar-refractivity contribution in [2.45, 2.75) is 67.2 Å². The van der Waals surface area contributed by atoms with E-state index in [1.165, 1.54) is 23.0 Å². The molecule has 51 heavy (non-hydrogen) atoms. The molecular weight excluding hydrogens is 805 g/mol. The molecule has 0 aliphatic rings. The molecule has 0 spiro atoms. The van der Waals surface area contributed by atoms with Crippen LogP contribution in [0.15, 0.2) is 102 Å². The normalized spacial score (nSPS) is 12.5. The average molecular weight is 850 g/mol. The summed E-state index contributed by atoms with van der Waals surface area (Å²) >= 11 is 0. The quantitative estimate of drug-likeness (QED) is 0.162. The summed E-state index contributed by atoms with van der Waals surface area (Å²) in [5, 5.41) is 2.18. The first-order chi connectivity index (χ1) is 25.3. The molecular formula is C45H42IrN4O-2. The molecule has 0 fully saturated rings. The van der Waals surface area contributed by atoms with Gasteiger partial charge in [0.2, 0.25) is 0 Å². The molecule has 8 aromatic rings. The molecule has 0 amide bonds. The molecule has 8 rings (SSSR count). The zero-order valence-corrected chi connectivity index (χ0v) is 32.3. The van der Waals surface area contributed by atoms with E-state index in [4.69, 9.17) is 18.5 Å². The van der Waals surface area contributed by atoms with Crippen molar-refractivity contribution >= 4 is 33.0 Å². The number of furan rings is 1. The Kier molecular flexibility index (Phi) is 9.27. The van der Waals surface area contributed by atoms with Crippen molar-refractivity contribution in [3.05, 3.63) is 143 Å². The molecule has 5 nitrogen and oxygen atoms in total. The summed E-state index contributed by atoms with van der Waals surface area (Å²) in [5.74, 6) is 1.52. The number of imidazole rings is 1. The Bertz CT molecular complexity index is 2560. The zero-order chi connectivity index (χ0) is 37.6.